The lowest BCUT2D eigenvalue weighted by atomic mass is 9.77. The molecule has 3 atom stereocenters. The average molecular weight is 352 g/mol. The van der Waals surface area contributed by atoms with E-state index in [1.807, 2.05) is 0 Å². The van der Waals surface area contributed by atoms with Crippen molar-refractivity contribution in [2.75, 3.05) is 18.2 Å². The number of hydrogen-bond acceptors (Lipinski definition) is 3. The van der Waals surface area contributed by atoms with Crippen molar-refractivity contribution >= 4 is 17.4 Å². The third kappa shape index (κ3) is 3.18. The summed E-state index contributed by atoms with van der Waals surface area (Å²) in [6, 6.07) is 15.9. The van der Waals surface area contributed by atoms with Crippen LogP contribution in [-0.4, -0.2) is 12.9 Å². The Hall–Kier alpha value is -1.87. The molecule has 1 N–H and O–H groups in total. The molecule has 4 rings (SSSR count). The number of nitrogens with one attached hydrogen (secondary N) is 1. The van der Waals surface area contributed by atoms with Crippen LogP contribution in [-0.2, 0) is 0 Å². The second-order valence-electron chi connectivity index (χ2n) is 6.85. The number of benzene rings is 2. The van der Waals surface area contributed by atoms with Gasteiger partial charge in [-0.3, -0.25) is 0 Å². The molecule has 0 amide bonds. The lowest BCUT2D eigenvalue weighted by Gasteiger charge is -2.37. The van der Waals surface area contributed by atoms with Gasteiger partial charge in [0.15, 0.2) is 0 Å². The number of rotatable bonds is 5. The van der Waals surface area contributed by atoms with Gasteiger partial charge in [0.1, 0.15) is 5.75 Å². The minimum absolute atomic E-state index is 0.366. The molecule has 0 saturated carbocycles. The van der Waals surface area contributed by atoms with Gasteiger partial charge in [-0.2, -0.15) is 0 Å². The number of hydrogen-bond donors (Lipinski definition) is 1. The van der Waals surface area contributed by atoms with Gasteiger partial charge in [-0.15, -0.1) is 11.8 Å². The van der Waals surface area contributed by atoms with E-state index in [1.165, 1.54) is 21.7 Å². The van der Waals surface area contributed by atoms with E-state index >= 15 is 0 Å². The number of allylic oxidation sites excluding steroid dienone is 2. The fourth-order valence-electron chi connectivity index (χ4n) is 4.02. The summed E-state index contributed by atoms with van der Waals surface area (Å²) < 4.78 is 5.85. The molecule has 2 nitrogen and oxygen atoms in total. The van der Waals surface area contributed by atoms with Crippen LogP contribution in [0.1, 0.15) is 42.9 Å². The third-order valence-corrected chi connectivity index (χ3v) is 6.03. The van der Waals surface area contributed by atoms with Gasteiger partial charge in [-0.25, -0.2) is 0 Å². The summed E-state index contributed by atoms with van der Waals surface area (Å²) in [5, 5.41) is 3.80. The van der Waals surface area contributed by atoms with Gasteiger partial charge >= 0.3 is 0 Å². The van der Waals surface area contributed by atoms with Gasteiger partial charge in [0, 0.05) is 16.5 Å². The van der Waals surface area contributed by atoms with E-state index in [-0.39, 0.29) is 0 Å². The van der Waals surface area contributed by atoms with Crippen LogP contribution >= 0.6 is 11.8 Å². The van der Waals surface area contributed by atoms with Crippen LogP contribution < -0.4 is 10.1 Å². The molecule has 1 aliphatic carbocycles. The van der Waals surface area contributed by atoms with Crippen LogP contribution in [0.5, 0.6) is 5.75 Å². The molecule has 25 heavy (non-hydrogen) atoms. The zero-order valence-electron chi connectivity index (χ0n) is 14.9. The quantitative estimate of drug-likeness (QED) is 0.525. The molecule has 3 heteroatoms. The fourth-order valence-corrected chi connectivity index (χ4v) is 4.43. The minimum Gasteiger partial charge on any atom is -0.494 e. The molecule has 2 aromatic rings. The highest BCUT2D eigenvalue weighted by Gasteiger charge is 2.37. The van der Waals surface area contributed by atoms with Gasteiger partial charge in [0.05, 0.1) is 12.6 Å². The molecule has 0 bridgehead atoms. The van der Waals surface area contributed by atoms with Crippen LogP contribution in [0.15, 0.2) is 59.5 Å². The maximum Gasteiger partial charge on any atom is 0.119 e. The van der Waals surface area contributed by atoms with E-state index in [0.717, 1.165) is 25.2 Å². The Bertz CT molecular complexity index is 768. The molecule has 130 valence electrons. The summed E-state index contributed by atoms with van der Waals surface area (Å²) in [4.78, 5) is 1.32. The monoisotopic (exact) mass is 351 g/mol. The molecule has 0 radical (unpaired) electrons. The summed E-state index contributed by atoms with van der Waals surface area (Å²) in [5.41, 5.74) is 4.01. The van der Waals surface area contributed by atoms with E-state index in [2.05, 4.69) is 73.1 Å². The molecule has 0 fully saturated rings. The number of anilines is 1. The lowest BCUT2D eigenvalue weighted by Crippen LogP contribution is -2.29. The van der Waals surface area contributed by atoms with Gasteiger partial charge in [0.2, 0.25) is 0 Å². The first-order chi connectivity index (χ1) is 12.3. The van der Waals surface area contributed by atoms with Gasteiger partial charge in [-0.1, -0.05) is 31.2 Å². The Morgan fingerprint density at radius 1 is 1.16 bits per heavy atom. The normalized spacial score (nSPS) is 23.7. The highest BCUT2D eigenvalue weighted by molar-refractivity contribution is 7.98. The van der Waals surface area contributed by atoms with Crippen LogP contribution in [0.3, 0.4) is 0 Å². The van der Waals surface area contributed by atoms with Crippen molar-refractivity contribution in [3.8, 4) is 5.75 Å². The Kier molecular flexibility index (Phi) is 4.76. The summed E-state index contributed by atoms with van der Waals surface area (Å²) >= 11 is 1.79. The molecular weight excluding hydrogens is 326 g/mol. The molecule has 0 aromatic heterocycles. The Morgan fingerprint density at radius 3 is 2.76 bits per heavy atom. The van der Waals surface area contributed by atoms with Crippen molar-refractivity contribution in [3.05, 3.63) is 65.7 Å². The zero-order chi connectivity index (χ0) is 17.2. The van der Waals surface area contributed by atoms with Gasteiger partial charge < -0.3 is 10.1 Å². The first kappa shape index (κ1) is 16.6. The predicted octanol–water partition coefficient (Wildman–Crippen LogP) is 6.02. The smallest absolute Gasteiger partial charge is 0.119 e. The number of ether oxygens (including phenoxy) is 1. The summed E-state index contributed by atoms with van der Waals surface area (Å²) in [5.74, 6) is 2.05. The summed E-state index contributed by atoms with van der Waals surface area (Å²) in [7, 11) is 0. The molecule has 2 aliphatic rings. The maximum absolute atomic E-state index is 5.85. The SMILES string of the molecule is CCCOc1ccc2c(c1)C1C=CCC1C(c1ccc(SC)cc1)N2. The molecule has 2 aromatic carbocycles. The average Bonchev–Trinajstić information content (AvgIpc) is 3.16. The Morgan fingerprint density at radius 2 is 2.00 bits per heavy atom. The van der Waals surface area contributed by atoms with Crippen LogP contribution in [0.25, 0.3) is 0 Å². The minimum atomic E-state index is 0.366. The molecule has 1 aliphatic heterocycles. The van der Waals surface area contributed by atoms with Gasteiger partial charge in [-0.05, 0) is 66.5 Å². The Balaban J connectivity index is 1.65. The number of fused-ring (bicyclic) bond motifs is 3. The van der Waals surface area contributed by atoms with Crippen LogP contribution in [0.2, 0.25) is 0 Å². The van der Waals surface area contributed by atoms with Crippen molar-refractivity contribution in [3.63, 3.8) is 0 Å². The van der Waals surface area contributed by atoms with E-state index < -0.39 is 0 Å². The standard InChI is InChI=1S/C22H25NOS/c1-3-13-24-16-9-12-21-20(14-16)18-5-4-6-19(18)22(23-21)15-7-10-17(25-2)11-8-15/h4-5,7-12,14,18-19,22-23H,3,6,13H2,1-2H3. The Labute approximate surface area is 154 Å². The van der Waals surface area contributed by atoms with E-state index in [0.29, 0.717) is 17.9 Å². The zero-order valence-corrected chi connectivity index (χ0v) is 15.7. The molecule has 3 unspecified atom stereocenters. The van der Waals surface area contributed by atoms with Crippen molar-refractivity contribution in [1.82, 2.24) is 0 Å². The van der Waals surface area contributed by atoms with Crippen LogP contribution in [0, 0.1) is 5.92 Å². The predicted molar refractivity (Wildman–Crippen MR) is 107 cm³/mol. The first-order valence-corrected chi connectivity index (χ1v) is 10.4. The van der Waals surface area contributed by atoms with E-state index in [1.54, 1.807) is 11.8 Å². The summed E-state index contributed by atoms with van der Waals surface area (Å²) in [6.07, 6.45) is 9.02. The van der Waals surface area contributed by atoms with Crippen molar-refractivity contribution in [2.45, 2.75) is 36.6 Å². The molecule has 1 heterocycles. The molecule has 0 spiro atoms. The van der Waals surface area contributed by atoms with E-state index in [9.17, 15) is 0 Å². The molecule has 0 saturated heterocycles. The second-order valence-corrected chi connectivity index (χ2v) is 7.73. The highest BCUT2D eigenvalue weighted by Crippen LogP contribution is 2.50. The number of thioether (sulfide) groups is 1. The van der Waals surface area contributed by atoms with Crippen molar-refractivity contribution < 1.29 is 4.74 Å². The van der Waals surface area contributed by atoms with Crippen LogP contribution in [0.4, 0.5) is 5.69 Å². The lowest BCUT2D eigenvalue weighted by molar-refractivity contribution is 0.316. The van der Waals surface area contributed by atoms with Gasteiger partial charge in [0.25, 0.3) is 0 Å². The topological polar surface area (TPSA) is 21.3 Å². The second kappa shape index (κ2) is 7.17. The summed E-state index contributed by atoms with van der Waals surface area (Å²) in [6.45, 7) is 2.92. The largest absolute Gasteiger partial charge is 0.494 e. The van der Waals surface area contributed by atoms with Crippen molar-refractivity contribution in [2.24, 2.45) is 5.92 Å². The van der Waals surface area contributed by atoms with E-state index in [4.69, 9.17) is 4.74 Å². The molecular formula is C22H25NOS. The maximum atomic E-state index is 5.85. The fraction of sp³-hybridized carbons (Fsp3) is 0.364. The first-order valence-electron chi connectivity index (χ1n) is 9.14. The highest BCUT2D eigenvalue weighted by atomic mass is 32.2. The van der Waals surface area contributed by atoms with Crippen molar-refractivity contribution in [1.29, 1.82) is 0 Å². The third-order valence-electron chi connectivity index (χ3n) is 5.28.